The summed E-state index contributed by atoms with van der Waals surface area (Å²) in [6, 6.07) is 18.7. The van der Waals surface area contributed by atoms with Crippen molar-refractivity contribution in [3.63, 3.8) is 0 Å². The molecule has 0 saturated carbocycles. The van der Waals surface area contributed by atoms with Gasteiger partial charge in [0, 0.05) is 30.0 Å². The number of ether oxygens (including phenoxy) is 1. The van der Waals surface area contributed by atoms with E-state index in [2.05, 4.69) is 63.7 Å². The summed E-state index contributed by atoms with van der Waals surface area (Å²) in [7, 11) is 0. The molecule has 1 unspecified atom stereocenters. The first-order valence-electron chi connectivity index (χ1n) is 13.4. The van der Waals surface area contributed by atoms with E-state index in [9.17, 15) is 23.2 Å². The predicted octanol–water partition coefficient (Wildman–Crippen LogP) is 6.89. The summed E-state index contributed by atoms with van der Waals surface area (Å²) in [6.07, 6.45) is -3.38. The van der Waals surface area contributed by atoms with Gasteiger partial charge in [0.15, 0.2) is 11.0 Å². The first-order valence-corrected chi connectivity index (χ1v) is 14.4. The van der Waals surface area contributed by atoms with Gasteiger partial charge in [-0.25, -0.2) is 9.67 Å². The van der Waals surface area contributed by atoms with Gasteiger partial charge in [0.05, 0.1) is 17.7 Å². The molecule has 1 saturated heterocycles. The van der Waals surface area contributed by atoms with Crippen molar-refractivity contribution in [2.45, 2.75) is 39.5 Å². The molecule has 5 rings (SSSR count). The molecule has 1 aliphatic heterocycles. The number of halogens is 3. The number of aliphatic imine (C=N–C) groups is 1. The molecule has 4 aromatic rings. The van der Waals surface area contributed by atoms with E-state index in [1.54, 1.807) is 24.3 Å². The van der Waals surface area contributed by atoms with Crippen molar-refractivity contribution < 1.29 is 22.7 Å². The fourth-order valence-corrected chi connectivity index (χ4v) is 6.01. The lowest BCUT2D eigenvalue weighted by atomic mass is 9.96. The highest BCUT2D eigenvalue weighted by molar-refractivity contribution is 8.14. The third-order valence-corrected chi connectivity index (χ3v) is 7.79. The second-order valence-corrected chi connectivity index (χ2v) is 11.2. The normalized spacial score (nSPS) is 15.0. The summed E-state index contributed by atoms with van der Waals surface area (Å²) in [5, 5.41) is 14.9. The van der Waals surface area contributed by atoms with Gasteiger partial charge in [0.2, 0.25) is 5.91 Å². The lowest BCUT2D eigenvalue weighted by Crippen LogP contribution is -2.26. The van der Waals surface area contributed by atoms with E-state index < -0.39 is 12.3 Å². The van der Waals surface area contributed by atoms with Crippen LogP contribution in [0.2, 0.25) is 0 Å². The molecule has 1 aromatic heterocycles. The lowest BCUT2D eigenvalue weighted by Gasteiger charge is -2.23. The van der Waals surface area contributed by atoms with Crippen LogP contribution in [0.15, 0.2) is 72.0 Å². The molecule has 0 radical (unpaired) electrons. The number of hydrogen-bond acceptors (Lipinski definition) is 6. The predicted molar refractivity (Wildman–Crippen MR) is 159 cm³/mol. The number of thioether (sulfide) groups is 1. The fraction of sp³-hybridized carbons (Fsp3) is 0.258. The summed E-state index contributed by atoms with van der Waals surface area (Å²) in [4.78, 5) is 23.8. The molecule has 3 aromatic carbocycles. The minimum Gasteiger partial charge on any atom is -0.406 e. The highest BCUT2D eigenvalue weighted by atomic mass is 32.2. The minimum absolute atomic E-state index is 0.0550. The van der Waals surface area contributed by atoms with Crippen LogP contribution in [0.4, 0.5) is 18.9 Å². The highest BCUT2D eigenvalue weighted by Gasteiger charge is 2.31. The summed E-state index contributed by atoms with van der Waals surface area (Å²) < 4.78 is 42.6. The quantitative estimate of drug-likeness (QED) is 0.227. The van der Waals surface area contributed by atoms with Gasteiger partial charge >= 0.3 is 6.36 Å². The molecule has 0 N–H and O–H groups in total. The Morgan fingerprint density at radius 1 is 1.09 bits per heavy atom. The van der Waals surface area contributed by atoms with Crippen LogP contribution >= 0.6 is 11.8 Å². The summed E-state index contributed by atoms with van der Waals surface area (Å²) in [5.74, 6) is -0.169. The van der Waals surface area contributed by atoms with Crippen molar-refractivity contribution in [3.8, 4) is 28.9 Å². The van der Waals surface area contributed by atoms with Crippen LogP contribution < -0.4 is 9.64 Å². The second kappa shape index (κ2) is 12.3. The zero-order valence-corrected chi connectivity index (χ0v) is 24.4. The molecule has 1 aliphatic rings. The van der Waals surface area contributed by atoms with Crippen molar-refractivity contribution in [1.82, 2.24) is 14.8 Å². The van der Waals surface area contributed by atoms with Gasteiger partial charge in [-0.05, 0) is 61.7 Å². The molecule has 8 nitrogen and oxygen atoms in total. The Morgan fingerprint density at radius 3 is 2.40 bits per heavy atom. The van der Waals surface area contributed by atoms with Crippen molar-refractivity contribution in [1.29, 1.82) is 5.26 Å². The Hall–Kier alpha value is -4.63. The monoisotopic (exact) mass is 604 g/mol. The van der Waals surface area contributed by atoms with Crippen LogP contribution in [0.25, 0.3) is 17.1 Å². The topological polar surface area (TPSA) is 96.4 Å². The van der Waals surface area contributed by atoms with Crippen molar-refractivity contribution in [2.75, 3.05) is 17.2 Å². The largest absolute Gasteiger partial charge is 0.573 e. The van der Waals surface area contributed by atoms with E-state index in [-0.39, 0.29) is 18.1 Å². The van der Waals surface area contributed by atoms with Crippen molar-refractivity contribution in [3.05, 3.63) is 89.2 Å². The Kier molecular flexibility index (Phi) is 8.54. The number of carbonyl (C=O) groups is 1. The Bertz CT molecular complexity index is 1690. The molecule has 43 heavy (non-hydrogen) atoms. The molecule has 0 spiro atoms. The first kappa shape index (κ1) is 29.8. The number of nitriles is 1. The fourth-order valence-electron chi connectivity index (χ4n) is 5.05. The van der Waals surface area contributed by atoms with E-state index in [0.29, 0.717) is 27.8 Å². The highest BCUT2D eigenvalue weighted by Crippen LogP contribution is 2.33. The zero-order valence-electron chi connectivity index (χ0n) is 23.6. The smallest absolute Gasteiger partial charge is 0.406 e. The third-order valence-electron chi connectivity index (χ3n) is 6.84. The third kappa shape index (κ3) is 7.06. The SMILES string of the molecule is Cc1cc(C)c(N2CCSC2=NC(=O)CC(C#N)c2ccc(-c3ncn(-c4ccc(OC(F)(F)F)cc4)n3)cc2)c(C)c1. The number of anilines is 1. The van der Waals surface area contributed by atoms with Crippen LogP contribution in [0.1, 0.15) is 34.6 Å². The number of benzene rings is 3. The molecular formula is C31H27F3N6O2S. The van der Waals surface area contributed by atoms with Crippen LogP contribution in [-0.2, 0) is 4.79 Å². The number of amides is 1. The lowest BCUT2D eigenvalue weighted by molar-refractivity contribution is -0.274. The van der Waals surface area contributed by atoms with E-state index in [1.165, 1.54) is 52.6 Å². The van der Waals surface area contributed by atoms with Crippen molar-refractivity contribution >= 4 is 28.5 Å². The number of hydrogen-bond donors (Lipinski definition) is 0. The molecule has 220 valence electrons. The van der Waals surface area contributed by atoms with Gasteiger partial charge in [-0.3, -0.25) is 4.79 Å². The summed E-state index contributed by atoms with van der Waals surface area (Å²) in [5.41, 5.74) is 6.34. The molecule has 2 heterocycles. The van der Waals surface area contributed by atoms with Gasteiger partial charge in [-0.15, -0.1) is 18.3 Å². The molecule has 12 heteroatoms. The average Bonchev–Trinajstić information content (AvgIpc) is 3.61. The van der Waals surface area contributed by atoms with Gasteiger partial charge in [0.1, 0.15) is 12.1 Å². The van der Waals surface area contributed by atoms with Gasteiger partial charge in [-0.1, -0.05) is 53.7 Å². The Morgan fingerprint density at radius 2 is 1.77 bits per heavy atom. The molecule has 1 atom stereocenters. The second-order valence-electron chi connectivity index (χ2n) is 10.1. The molecular weight excluding hydrogens is 577 g/mol. The molecule has 1 fully saturated rings. The van der Waals surface area contributed by atoms with Crippen LogP contribution in [0.3, 0.4) is 0 Å². The molecule has 0 bridgehead atoms. The maximum atomic E-state index is 13.0. The molecule has 0 aliphatic carbocycles. The molecule has 1 amide bonds. The maximum Gasteiger partial charge on any atom is 0.573 e. The minimum atomic E-state index is -4.77. The van der Waals surface area contributed by atoms with Gasteiger partial charge < -0.3 is 9.64 Å². The Balaban J connectivity index is 1.26. The number of amidine groups is 1. The van der Waals surface area contributed by atoms with Crippen molar-refractivity contribution in [2.24, 2.45) is 4.99 Å². The van der Waals surface area contributed by atoms with Gasteiger partial charge in [0.25, 0.3) is 0 Å². The van der Waals surface area contributed by atoms with Crippen LogP contribution in [0, 0.1) is 32.1 Å². The van der Waals surface area contributed by atoms with E-state index in [0.717, 1.165) is 29.1 Å². The number of rotatable bonds is 7. The summed E-state index contributed by atoms with van der Waals surface area (Å²) >= 11 is 1.53. The average molecular weight is 605 g/mol. The van der Waals surface area contributed by atoms with E-state index >= 15 is 0 Å². The number of carbonyl (C=O) groups excluding carboxylic acids is 1. The standard InChI is InChI=1S/C31H27F3N6O2S/c1-19-14-20(2)28(21(3)15-19)39-12-13-43-30(39)37-27(41)16-24(17-35)22-4-6-23(7-5-22)29-36-18-40(38-29)25-8-10-26(11-9-25)42-31(32,33)34/h4-11,14-15,18,24H,12-13,16H2,1-3H3. The maximum absolute atomic E-state index is 13.0. The van der Waals surface area contributed by atoms with Crippen LogP contribution in [-0.4, -0.2) is 44.5 Å². The van der Waals surface area contributed by atoms with E-state index in [4.69, 9.17) is 0 Å². The Labute approximate surface area is 250 Å². The number of alkyl halides is 3. The summed E-state index contributed by atoms with van der Waals surface area (Å²) in [6.45, 7) is 6.93. The first-order chi connectivity index (χ1) is 20.5. The van der Waals surface area contributed by atoms with Gasteiger partial charge in [-0.2, -0.15) is 10.3 Å². The number of aryl methyl sites for hydroxylation is 3. The number of nitrogens with zero attached hydrogens (tertiary/aromatic N) is 6. The number of aromatic nitrogens is 3. The van der Waals surface area contributed by atoms with Crippen LogP contribution in [0.5, 0.6) is 5.75 Å². The zero-order chi connectivity index (χ0) is 30.7. The van der Waals surface area contributed by atoms with E-state index in [1.807, 2.05) is 0 Å².